The van der Waals surface area contributed by atoms with E-state index in [0.717, 1.165) is 6.07 Å². The summed E-state index contributed by atoms with van der Waals surface area (Å²) in [5, 5.41) is 11.7. The number of halogens is 2. The molecule has 0 saturated carbocycles. The van der Waals surface area contributed by atoms with Crippen LogP contribution in [0.4, 0.5) is 19.3 Å². The third-order valence-corrected chi connectivity index (χ3v) is 2.19. The largest absolute Gasteiger partial charge is 0.444 e. The Labute approximate surface area is 110 Å². The molecule has 1 unspecified atom stereocenters. The minimum atomic E-state index is -1.26. The zero-order valence-corrected chi connectivity index (χ0v) is 11.3. The molecular weight excluding hydrogens is 256 g/mol. The lowest BCUT2D eigenvalue weighted by atomic mass is 10.1. The highest BCUT2D eigenvalue weighted by Gasteiger charge is 2.21. The molecule has 1 atom stereocenters. The quantitative estimate of drug-likeness (QED) is 0.868. The third kappa shape index (κ3) is 4.17. The Morgan fingerprint density at radius 2 is 1.95 bits per heavy atom. The van der Waals surface area contributed by atoms with Crippen molar-refractivity contribution in [2.24, 2.45) is 0 Å². The molecule has 2 N–H and O–H groups in total. The van der Waals surface area contributed by atoms with E-state index in [0.29, 0.717) is 0 Å². The molecule has 0 aliphatic rings. The van der Waals surface area contributed by atoms with E-state index < -0.39 is 29.4 Å². The Balaban J connectivity index is 3.02. The second-order valence-electron chi connectivity index (χ2n) is 5.13. The first kappa shape index (κ1) is 15.4. The lowest BCUT2D eigenvalue weighted by Gasteiger charge is -2.21. The Morgan fingerprint density at radius 1 is 1.37 bits per heavy atom. The van der Waals surface area contributed by atoms with Crippen LogP contribution in [0, 0.1) is 11.6 Å². The first-order chi connectivity index (χ1) is 8.61. The number of aliphatic hydroxyl groups is 1. The maximum absolute atomic E-state index is 13.6. The summed E-state index contributed by atoms with van der Waals surface area (Å²) in [7, 11) is 0. The molecule has 4 nitrogen and oxygen atoms in total. The molecule has 0 aliphatic heterocycles. The topological polar surface area (TPSA) is 58.6 Å². The number of ether oxygens (including phenoxy) is 1. The lowest BCUT2D eigenvalue weighted by molar-refractivity contribution is 0.0635. The molecule has 0 fully saturated rings. The number of anilines is 1. The van der Waals surface area contributed by atoms with E-state index in [-0.39, 0.29) is 11.3 Å². The van der Waals surface area contributed by atoms with E-state index >= 15 is 0 Å². The van der Waals surface area contributed by atoms with Gasteiger partial charge in [0, 0.05) is 5.56 Å². The SMILES string of the molecule is CC(O)c1c(NC(=O)OC(C)(C)C)ccc(F)c1F. The van der Waals surface area contributed by atoms with Gasteiger partial charge in [-0.1, -0.05) is 0 Å². The van der Waals surface area contributed by atoms with Crippen molar-refractivity contribution in [1.29, 1.82) is 0 Å². The molecule has 6 heteroatoms. The number of aliphatic hydroxyl groups excluding tert-OH is 1. The normalized spacial score (nSPS) is 13.0. The number of benzene rings is 1. The summed E-state index contributed by atoms with van der Waals surface area (Å²) in [6.45, 7) is 6.30. The molecule has 1 aromatic rings. The van der Waals surface area contributed by atoms with Gasteiger partial charge in [0.05, 0.1) is 11.8 Å². The molecule has 1 rings (SSSR count). The van der Waals surface area contributed by atoms with Gasteiger partial charge in [0.2, 0.25) is 0 Å². The molecule has 0 aromatic heterocycles. The third-order valence-electron chi connectivity index (χ3n) is 2.19. The van der Waals surface area contributed by atoms with Gasteiger partial charge < -0.3 is 9.84 Å². The Kier molecular flexibility index (Phi) is 4.47. The Hall–Kier alpha value is -1.69. The van der Waals surface area contributed by atoms with Crippen LogP contribution in [0.3, 0.4) is 0 Å². The van der Waals surface area contributed by atoms with Gasteiger partial charge in [-0.25, -0.2) is 13.6 Å². The van der Waals surface area contributed by atoms with Crippen LogP contribution in [-0.2, 0) is 4.74 Å². The summed E-state index contributed by atoms with van der Waals surface area (Å²) in [4.78, 5) is 11.6. The van der Waals surface area contributed by atoms with Crippen LogP contribution in [0.5, 0.6) is 0 Å². The van der Waals surface area contributed by atoms with Gasteiger partial charge in [-0.2, -0.15) is 0 Å². The second kappa shape index (κ2) is 5.52. The van der Waals surface area contributed by atoms with Crippen molar-refractivity contribution in [3.8, 4) is 0 Å². The molecule has 0 bridgehead atoms. The fraction of sp³-hybridized carbons (Fsp3) is 0.462. The van der Waals surface area contributed by atoms with Crippen LogP contribution in [0.2, 0.25) is 0 Å². The molecule has 0 saturated heterocycles. The van der Waals surface area contributed by atoms with Crippen LogP contribution in [0.15, 0.2) is 12.1 Å². The van der Waals surface area contributed by atoms with Gasteiger partial charge in [-0.3, -0.25) is 5.32 Å². The van der Waals surface area contributed by atoms with E-state index in [2.05, 4.69) is 5.32 Å². The van der Waals surface area contributed by atoms with Crippen LogP contribution in [-0.4, -0.2) is 16.8 Å². The standard InChI is InChI=1S/C13H17F2NO3/c1-7(17)10-9(6-5-8(14)11(10)15)16-12(18)19-13(2,3)4/h5-7,17H,1-4H3,(H,16,18). The lowest BCUT2D eigenvalue weighted by Crippen LogP contribution is -2.27. The van der Waals surface area contributed by atoms with Crippen molar-refractivity contribution in [3.63, 3.8) is 0 Å². The number of rotatable bonds is 2. The van der Waals surface area contributed by atoms with Crippen LogP contribution < -0.4 is 5.32 Å². The van der Waals surface area contributed by atoms with Crippen molar-refractivity contribution in [2.75, 3.05) is 5.32 Å². The van der Waals surface area contributed by atoms with E-state index in [4.69, 9.17) is 4.74 Å². The van der Waals surface area contributed by atoms with Crippen molar-refractivity contribution in [3.05, 3.63) is 29.3 Å². The summed E-state index contributed by atoms with van der Waals surface area (Å²) >= 11 is 0. The zero-order valence-electron chi connectivity index (χ0n) is 11.3. The zero-order chi connectivity index (χ0) is 14.8. The molecule has 0 heterocycles. The van der Waals surface area contributed by atoms with E-state index in [1.165, 1.54) is 13.0 Å². The van der Waals surface area contributed by atoms with Crippen molar-refractivity contribution >= 4 is 11.8 Å². The number of hydrogen-bond acceptors (Lipinski definition) is 3. The molecule has 1 aromatic carbocycles. The van der Waals surface area contributed by atoms with Gasteiger partial charge in [-0.05, 0) is 39.8 Å². The minimum absolute atomic E-state index is 0.0249. The highest BCUT2D eigenvalue weighted by molar-refractivity contribution is 5.86. The highest BCUT2D eigenvalue weighted by atomic mass is 19.2. The molecular formula is C13H17F2NO3. The fourth-order valence-corrected chi connectivity index (χ4v) is 1.50. The smallest absolute Gasteiger partial charge is 0.412 e. The summed E-state index contributed by atoms with van der Waals surface area (Å²) in [6.07, 6.45) is -2.07. The van der Waals surface area contributed by atoms with E-state index in [1.807, 2.05) is 0 Å². The summed E-state index contributed by atoms with van der Waals surface area (Å²) in [6, 6.07) is 2.04. The average molecular weight is 273 g/mol. The van der Waals surface area contributed by atoms with Crippen LogP contribution >= 0.6 is 0 Å². The summed E-state index contributed by atoms with van der Waals surface area (Å²) in [5.74, 6) is -2.28. The van der Waals surface area contributed by atoms with Gasteiger partial charge in [0.1, 0.15) is 5.60 Å². The molecule has 106 valence electrons. The Morgan fingerprint density at radius 3 is 2.42 bits per heavy atom. The van der Waals surface area contributed by atoms with Crippen LogP contribution in [0.1, 0.15) is 39.4 Å². The monoisotopic (exact) mass is 273 g/mol. The molecule has 0 spiro atoms. The van der Waals surface area contributed by atoms with Gasteiger partial charge in [0.25, 0.3) is 0 Å². The first-order valence-corrected chi connectivity index (χ1v) is 5.78. The first-order valence-electron chi connectivity index (χ1n) is 5.78. The average Bonchev–Trinajstić information content (AvgIpc) is 2.20. The number of carbonyl (C=O) groups is 1. The van der Waals surface area contributed by atoms with Crippen molar-refractivity contribution in [1.82, 2.24) is 0 Å². The maximum Gasteiger partial charge on any atom is 0.412 e. The molecule has 0 radical (unpaired) electrons. The number of carbonyl (C=O) groups excluding carboxylic acids is 1. The maximum atomic E-state index is 13.6. The second-order valence-corrected chi connectivity index (χ2v) is 5.13. The predicted molar refractivity (Wildman–Crippen MR) is 66.8 cm³/mol. The van der Waals surface area contributed by atoms with Gasteiger partial charge in [-0.15, -0.1) is 0 Å². The van der Waals surface area contributed by atoms with E-state index in [9.17, 15) is 18.7 Å². The summed E-state index contributed by atoms with van der Waals surface area (Å²) in [5.41, 5.74) is -1.05. The van der Waals surface area contributed by atoms with Gasteiger partial charge >= 0.3 is 6.09 Å². The number of amides is 1. The molecule has 19 heavy (non-hydrogen) atoms. The highest BCUT2D eigenvalue weighted by Crippen LogP contribution is 2.28. The minimum Gasteiger partial charge on any atom is -0.444 e. The van der Waals surface area contributed by atoms with Crippen molar-refractivity contribution in [2.45, 2.75) is 39.4 Å². The van der Waals surface area contributed by atoms with E-state index in [1.54, 1.807) is 20.8 Å². The molecule has 1 amide bonds. The number of nitrogens with one attached hydrogen (secondary N) is 1. The van der Waals surface area contributed by atoms with Gasteiger partial charge in [0.15, 0.2) is 11.6 Å². The summed E-state index contributed by atoms with van der Waals surface area (Å²) < 4.78 is 31.7. The van der Waals surface area contributed by atoms with Crippen LogP contribution in [0.25, 0.3) is 0 Å². The number of hydrogen-bond donors (Lipinski definition) is 2. The fourth-order valence-electron chi connectivity index (χ4n) is 1.50. The Bertz CT molecular complexity index is 482. The predicted octanol–water partition coefficient (Wildman–Crippen LogP) is 3.37. The van der Waals surface area contributed by atoms with Crippen molar-refractivity contribution < 1.29 is 23.4 Å². The molecule has 0 aliphatic carbocycles.